The van der Waals surface area contributed by atoms with Crippen molar-refractivity contribution in [1.82, 2.24) is 9.97 Å². The first-order chi connectivity index (χ1) is 7.88. The normalized spacial score (nSPS) is 9.69. The fourth-order valence-corrected chi connectivity index (χ4v) is 1.88. The Hall–Kier alpha value is -1.93. The van der Waals surface area contributed by atoms with Crippen molar-refractivity contribution in [3.05, 3.63) is 40.6 Å². The van der Waals surface area contributed by atoms with Crippen LogP contribution in [-0.4, -0.2) is 16.5 Å². The van der Waals surface area contributed by atoms with Gasteiger partial charge in [0.25, 0.3) is 0 Å². The first-order valence-corrected chi connectivity index (χ1v) is 5.75. The highest BCUT2D eigenvalue weighted by Gasteiger charge is 1.96. The van der Waals surface area contributed by atoms with Gasteiger partial charge in [-0.2, -0.15) is 5.26 Å². The SMILES string of the molecule is N#Cc1ccc(NCCc2nccs2)cn1. The van der Waals surface area contributed by atoms with Gasteiger partial charge in [-0.1, -0.05) is 0 Å². The van der Waals surface area contributed by atoms with Gasteiger partial charge in [-0.25, -0.2) is 9.97 Å². The van der Waals surface area contributed by atoms with Crippen LogP contribution in [0.3, 0.4) is 0 Å². The van der Waals surface area contributed by atoms with E-state index in [4.69, 9.17) is 5.26 Å². The van der Waals surface area contributed by atoms with E-state index in [1.54, 1.807) is 23.6 Å². The first-order valence-electron chi connectivity index (χ1n) is 4.87. The molecule has 0 aliphatic carbocycles. The van der Waals surface area contributed by atoms with Crippen LogP contribution >= 0.6 is 11.3 Å². The number of anilines is 1. The lowest BCUT2D eigenvalue weighted by Crippen LogP contribution is -2.04. The molecule has 0 amide bonds. The highest BCUT2D eigenvalue weighted by atomic mass is 32.1. The predicted molar refractivity (Wildman–Crippen MR) is 63.3 cm³/mol. The summed E-state index contributed by atoms with van der Waals surface area (Å²) in [6.45, 7) is 0.821. The zero-order valence-corrected chi connectivity index (χ0v) is 9.37. The lowest BCUT2D eigenvalue weighted by Gasteiger charge is -2.03. The van der Waals surface area contributed by atoms with E-state index in [-0.39, 0.29) is 0 Å². The molecule has 4 nitrogen and oxygen atoms in total. The fraction of sp³-hybridized carbons (Fsp3) is 0.182. The maximum Gasteiger partial charge on any atom is 0.140 e. The fourth-order valence-electron chi connectivity index (χ4n) is 1.25. The molecule has 2 heterocycles. The van der Waals surface area contributed by atoms with E-state index in [1.165, 1.54) is 0 Å². The molecule has 16 heavy (non-hydrogen) atoms. The number of nitriles is 1. The van der Waals surface area contributed by atoms with Gasteiger partial charge in [0.05, 0.1) is 16.9 Å². The average molecular weight is 230 g/mol. The summed E-state index contributed by atoms with van der Waals surface area (Å²) in [4.78, 5) is 8.17. The Morgan fingerprint density at radius 1 is 1.38 bits per heavy atom. The summed E-state index contributed by atoms with van der Waals surface area (Å²) in [5.41, 5.74) is 1.36. The predicted octanol–water partition coefficient (Wildman–Crippen LogP) is 2.06. The van der Waals surface area contributed by atoms with Crippen molar-refractivity contribution in [1.29, 1.82) is 5.26 Å². The van der Waals surface area contributed by atoms with Crippen molar-refractivity contribution in [2.45, 2.75) is 6.42 Å². The van der Waals surface area contributed by atoms with Crippen LogP contribution in [-0.2, 0) is 6.42 Å². The minimum absolute atomic E-state index is 0.436. The number of rotatable bonds is 4. The molecule has 0 aromatic carbocycles. The molecule has 2 aromatic heterocycles. The minimum atomic E-state index is 0.436. The number of thiazole rings is 1. The summed E-state index contributed by atoms with van der Waals surface area (Å²) in [5.74, 6) is 0. The van der Waals surface area contributed by atoms with Crippen LogP contribution in [0.5, 0.6) is 0 Å². The van der Waals surface area contributed by atoms with Crippen LogP contribution in [0.2, 0.25) is 0 Å². The van der Waals surface area contributed by atoms with E-state index in [0.717, 1.165) is 23.7 Å². The Morgan fingerprint density at radius 3 is 2.94 bits per heavy atom. The zero-order chi connectivity index (χ0) is 11.2. The Labute approximate surface area is 97.6 Å². The number of hydrogen-bond donors (Lipinski definition) is 1. The number of nitrogens with zero attached hydrogens (tertiary/aromatic N) is 3. The van der Waals surface area contributed by atoms with Crippen LogP contribution in [0, 0.1) is 11.3 Å². The largest absolute Gasteiger partial charge is 0.383 e. The Kier molecular flexibility index (Phi) is 3.46. The van der Waals surface area contributed by atoms with Crippen molar-refractivity contribution in [2.24, 2.45) is 0 Å². The molecular formula is C11H10N4S. The molecular weight excluding hydrogens is 220 g/mol. The molecule has 0 radical (unpaired) electrons. The summed E-state index contributed by atoms with van der Waals surface area (Å²) in [6.07, 6.45) is 4.38. The Morgan fingerprint density at radius 2 is 2.31 bits per heavy atom. The average Bonchev–Trinajstić information content (AvgIpc) is 2.83. The van der Waals surface area contributed by atoms with Gasteiger partial charge in [-0.3, -0.25) is 0 Å². The summed E-state index contributed by atoms with van der Waals surface area (Å²) in [6, 6.07) is 5.54. The standard InChI is InChI=1S/C11H10N4S/c12-7-9-1-2-10(8-15-9)13-4-3-11-14-5-6-16-11/h1-2,5-6,8,13H,3-4H2. The van der Waals surface area contributed by atoms with Crippen molar-refractivity contribution < 1.29 is 0 Å². The molecule has 0 spiro atoms. The van der Waals surface area contributed by atoms with E-state index in [0.29, 0.717) is 5.69 Å². The molecule has 0 unspecified atom stereocenters. The Bertz CT molecular complexity index is 470. The molecule has 5 heteroatoms. The van der Waals surface area contributed by atoms with Gasteiger partial charge in [-0.05, 0) is 12.1 Å². The van der Waals surface area contributed by atoms with E-state index in [1.807, 2.05) is 23.7 Å². The molecule has 2 aromatic rings. The third-order valence-electron chi connectivity index (χ3n) is 2.03. The molecule has 0 saturated heterocycles. The smallest absolute Gasteiger partial charge is 0.140 e. The first kappa shape index (κ1) is 10.6. The molecule has 0 saturated carbocycles. The second-order valence-electron chi connectivity index (χ2n) is 3.15. The second kappa shape index (κ2) is 5.24. The third-order valence-corrected chi connectivity index (χ3v) is 2.87. The Balaban J connectivity index is 1.83. The van der Waals surface area contributed by atoms with E-state index in [9.17, 15) is 0 Å². The monoisotopic (exact) mass is 230 g/mol. The molecule has 0 aliphatic rings. The van der Waals surface area contributed by atoms with Gasteiger partial charge in [-0.15, -0.1) is 11.3 Å². The van der Waals surface area contributed by atoms with Crippen LogP contribution in [0.4, 0.5) is 5.69 Å². The van der Waals surface area contributed by atoms with Gasteiger partial charge in [0.2, 0.25) is 0 Å². The van der Waals surface area contributed by atoms with Gasteiger partial charge in [0, 0.05) is 24.5 Å². The van der Waals surface area contributed by atoms with E-state index in [2.05, 4.69) is 15.3 Å². The quantitative estimate of drug-likeness (QED) is 0.873. The third kappa shape index (κ3) is 2.78. The van der Waals surface area contributed by atoms with Gasteiger partial charge in [0.15, 0.2) is 0 Å². The van der Waals surface area contributed by atoms with Crippen LogP contribution in [0.1, 0.15) is 10.7 Å². The van der Waals surface area contributed by atoms with Gasteiger partial charge >= 0.3 is 0 Å². The van der Waals surface area contributed by atoms with Crippen LogP contribution < -0.4 is 5.32 Å². The topological polar surface area (TPSA) is 61.6 Å². The molecule has 80 valence electrons. The lowest BCUT2D eigenvalue weighted by atomic mass is 10.3. The second-order valence-corrected chi connectivity index (χ2v) is 4.13. The van der Waals surface area contributed by atoms with E-state index < -0.39 is 0 Å². The summed E-state index contributed by atoms with van der Waals surface area (Å²) in [5, 5.41) is 14.9. The van der Waals surface area contributed by atoms with Crippen molar-refractivity contribution in [2.75, 3.05) is 11.9 Å². The van der Waals surface area contributed by atoms with Crippen molar-refractivity contribution in [3.8, 4) is 6.07 Å². The molecule has 0 aliphatic heterocycles. The minimum Gasteiger partial charge on any atom is -0.383 e. The molecule has 0 bridgehead atoms. The molecule has 0 fully saturated rings. The molecule has 2 rings (SSSR count). The summed E-state index contributed by atoms with van der Waals surface area (Å²) >= 11 is 1.65. The van der Waals surface area contributed by atoms with E-state index >= 15 is 0 Å². The number of aromatic nitrogens is 2. The van der Waals surface area contributed by atoms with Crippen LogP contribution in [0.15, 0.2) is 29.9 Å². The van der Waals surface area contributed by atoms with Gasteiger partial charge < -0.3 is 5.32 Å². The highest BCUT2D eigenvalue weighted by Crippen LogP contribution is 2.07. The highest BCUT2D eigenvalue weighted by molar-refractivity contribution is 7.09. The van der Waals surface area contributed by atoms with Gasteiger partial charge in [0.1, 0.15) is 11.8 Å². The zero-order valence-electron chi connectivity index (χ0n) is 8.55. The number of pyridine rings is 1. The maximum absolute atomic E-state index is 8.59. The lowest BCUT2D eigenvalue weighted by molar-refractivity contribution is 0.995. The number of nitrogens with one attached hydrogen (secondary N) is 1. The molecule has 1 N–H and O–H groups in total. The van der Waals surface area contributed by atoms with Crippen LogP contribution in [0.25, 0.3) is 0 Å². The maximum atomic E-state index is 8.59. The summed E-state index contributed by atoms with van der Waals surface area (Å²) in [7, 11) is 0. The van der Waals surface area contributed by atoms with Crippen molar-refractivity contribution >= 4 is 17.0 Å². The summed E-state index contributed by atoms with van der Waals surface area (Å²) < 4.78 is 0. The number of hydrogen-bond acceptors (Lipinski definition) is 5. The molecule has 0 atom stereocenters. The van der Waals surface area contributed by atoms with Crippen molar-refractivity contribution in [3.63, 3.8) is 0 Å².